The normalized spacial score (nSPS) is 17.0. The van der Waals surface area contributed by atoms with E-state index in [1.807, 2.05) is 22.9 Å². The number of imidazole rings is 1. The van der Waals surface area contributed by atoms with Gasteiger partial charge in [0.25, 0.3) is 0 Å². The fourth-order valence-electron chi connectivity index (χ4n) is 2.63. The van der Waals surface area contributed by atoms with Crippen LogP contribution >= 0.6 is 0 Å². The van der Waals surface area contributed by atoms with Crippen LogP contribution in [0.5, 0.6) is 5.75 Å². The molecule has 0 amide bonds. The van der Waals surface area contributed by atoms with Gasteiger partial charge in [-0.15, -0.1) is 0 Å². The van der Waals surface area contributed by atoms with E-state index in [2.05, 4.69) is 17.1 Å². The zero-order valence-corrected chi connectivity index (χ0v) is 12.2. The van der Waals surface area contributed by atoms with E-state index in [9.17, 15) is 0 Å². The largest absolute Gasteiger partial charge is 0.497 e. The number of benzene rings is 1. The number of ether oxygens (including phenoxy) is 3. The minimum Gasteiger partial charge on any atom is -0.497 e. The molecule has 5 heteroatoms. The van der Waals surface area contributed by atoms with E-state index in [0.717, 1.165) is 18.6 Å². The minimum atomic E-state index is -0.552. The first-order valence-electron chi connectivity index (χ1n) is 7.16. The van der Waals surface area contributed by atoms with Crippen molar-refractivity contribution in [2.75, 3.05) is 20.3 Å². The van der Waals surface area contributed by atoms with Crippen molar-refractivity contribution < 1.29 is 14.2 Å². The lowest BCUT2D eigenvalue weighted by Gasteiger charge is -2.27. The molecule has 0 radical (unpaired) electrons. The third kappa shape index (κ3) is 3.43. The van der Waals surface area contributed by atoms with Gasteiger partial charge >= 0.3 is 0 Å². The maximum absolute atomic E-state index is 5.89. The zero-order valence-electron chi connectivity index (χ0n) is 12.2. The molecule has 0 saturated carbocycles. The molecule has 2 heterocycles. The van der Waals surface area contributed by atoms with Crippen molar-refractivity contribution in [3.8, 4) is 5.75 Å². The lowest BCUT2D eigenvalue weighted by Crippen LogP contribution is -2.35. The Morgan fingerprint density at radius 3 is 2.90 bits per heavy atom. The summed E-state index contributed by atoms with van der Waals surface area (Å²) in [5.41, 5.74) is 1.22. The second-order valence-corrected chi connectivity index (χ2v) is 5.19. The van der Waals surface area contributed by atoms with E-state index in [4.69, 9.17) is 14.2 Å². The van der Waals surface area contributed by atoms with Crippen LogP contribution in [0.4, 0.5) is 0 Å². The van der Waals surface area contributed by atoms with Gasteiger partial charge in [-0.2, -0.15) is 0 Å². The molecule has 1 aliphatic rings. The highest BCUT2D eigenvalue weighted by molar-refractivity contribution is 5.28. The molecule has 0 unspecified atom stereocenters. The molecule has 5 nitrogen and oxygen atoms in total. The average Bonchev–Trinajstić information content (AvgIpc) is 3.18. The second-order valence-electron chi connectivity index (χ2n) is 5.19. The summed E-state index contributed by atoms with van der Waals surface area (Å²) in [5, 5.41) is 0. The summed E-state index contributed by atoms with van der Waals surface area (Å²) in [7, 11) is 1.68. The number of methoxy groups -OCH3 is 1. The molecule has 3 rings (SSSR count). The van der Waals surface area contributed by atoms with Crippen LogP contribution in [0, 0.1) is 0 Å². The van der Waals surface area contributed by atoms with Crippen LogP contribution in [0.2, 0.25) is 0 Å². The van der Waals surface area contributed by atoms with Crippen molar-refractivity contribution in [2.24, 2.45) is 0 Å². The maximum atomic E-state index is 5.89. The van der Waals surface area contributed by atoms with Crippen LogP contribution in [0.3, 0.4) is 0 Å². The van der Waals surface area contributed by atoms with E-state index >= 15 is 0 Å². The topological polar surface area (TPSA) is 45.5 Å². The minimum absolute atomic E-state index is 0.552. The third-order valence-corrected chi connectivity index (χ3v) is 3.72. The molecule has 1 aromatic carbocycles. The molecule has 0 atom stereocenters. The van der Waals surface area contributed by atoms with Gasteiger partial charge in [0.1, 0.15) is 5.75 Å². The molecule has 0 N–H and O–H groups in total. The Morgan fingerprint density at radius 2 is 2.19 bits per heavy atom. The fourth-order valence-corrected chi connectivity index (χ4v) is 2.63. The fraction of sp³-hybridized carbons (Fsp3) is 0.438. The van der Waals surface area contributed by atoms with Crippen LogP contribution in [0.15, 0.2) is 43.0 Å². The summed E-state index contributed by atoms with van der Waals surface area (Å²) in [6.07, 6.45) is 7.17. The Morgan fingerprint density at radius 1 is 1.33 bits per heavy atom. The van der Waals surface area contributed by atoms with Gasteiger partial charge in [-0.3, -0.25) is 0 Å². The Hall–Kier alpha value is -1.85. The maximum Gasteiger partial charge on any atom is 0.186 e. The molecule has 0 spiro atoms. The second kappa shape index (κ2) is 6.28. The average molecular weight is 288 g/mol. The molecule has 1 aliphatic heterocycles. The van der Waals surface area contributed by atoms with Crippen LogP contribution in [-0.4, -0.2) is 35.7 Å². The first kappa shape index (κ1) is 14.1. The highest BCUT2D eigenvalue weighted by Gasteiger charge is 2.36. The molecule has 1 saturated heterocycles. The Labute approximate surface area is 124 Å². The molecular formula is C16H20N2O3. The monoisotopic (exact) mass is 288 g/mol. The van der Waals surface area contributed by atoms with Crippen LogP contribution in [-0.2, 0) is 22.4 Å². The van der Waals surface area contributed by atoms with Crippen molar-refractivity contribution in [3.63, 3.8) is 0 Å². The number of hydrogen-bond acceptors (Lipinski definition) is 4. The van der Waals surface area contributed by atoms with Gasteiger partial charge in [0, 0.05) is 18.8 Å². The highest BCUT2D eigenvalue weighted by atomic mass is 16.7. The van der Waals surface area contributed by atoms with Crippen LogP contribution in [0.1, 0.15) is 12.0 Å². The lowest BCUT2D eigenvalue weighted by atomic mass is 10.0. The van der Waals surface area contributed by atoms with Crippen molar-refractivity contribution in [3.05, 3.63) is 48.5 Å². The Kier molecular flexibility index (Phi) is 4.22. The van der Waals surface area contributed by atoms with E-state index in [0.29, 0.717) is 19.8 Å². The van der Waals surface area contributed by atoms with Crippen molar-refractivity contribution >= 4 is 0 Å². The van der Waals surface area contributed by atoms with E-state index < -0.39 is 5.79 Å². The van der Waals surface area contributed by atoms with E-state index in [1.165, 1.54) is 5.56 Å². The van der Waals surface area contributed by atoms with Gasteiger partial charge in [-0.1, -0.05) is 12.1 Å². The van der Waals surface area contributed by atoms with Crippen LogP contribution in [0.25, 0.3) is 0 Å². The predicted molar refractivity (Wildman–Crippen MR) is 78.2 cm³/mol. The van der Waals surface area contributed by atoms with Gasteiger partial charge in [0.2, 0.25) is 0 Å². The van der Waals surface area contributed by atoms with Crippen molar-refractivity contribution in [2.45, 2.75) is 25.2 Å². The SMILES string of the molecule is COc1cccc(CCC2(Cn3ccnc3)OCCO2)c1. The molecule has 112 valence electrons. The molecular weight excluding hydrogens is 268 g/mol. The van der Waals surface area contributed by atoms with E-state index in [-0.39, 0.29) is 0 Å². The summed E-state index contributed by atoms with van der Waals surface area (Å²) in [4.78, 5) is 4.07. The first-order valence-corrected chi connectivity index (χ1v) is 7.16. The molecule has 21 heavy (non-hydrogen) atoms. The number of rotatable bonds is 6. The van der Waals surface area contributed by atoms with Gasteiger partial charge in [0.15, 0.2) is 5.79 Å². The molecule has 1 aromatic heterocycles. The van der Waals surface area contributed by atoms with Crippen LogP contribution < -0.4 is 4.74 Å². The molecule has 2 aromatic rings. The number of aryl methyl sites for hydroxylation is 1. The van der Waals surface area contributed by atoms with Gasteiger partial charge in [-0.05, 0) is 24.1 Å². The smallest absolute Gasteiger partial charge is 0.186 e. The number of nitrogens with zero attached hydrogens (tertiary/aromatic N) is 2. The van der Waals surface area contributed by atoms with Gasteiger partial charge < -0.3 is 18.8 Å². The Bertz CT molecular complexity index is 563. The zero-order chi connectivity index (χ0) is 14.5. The summed E-state index contributed by atoms with van der Waals surface area (Å²) >= 11 is 0. The summed E-state index contributed by atoms with van der Waals surface area (Å²) in [5.74, 6) is 0.327. The predicted octanol–water partition coefficient (Wildman–Crippen LogP) is 2.27. The van der Waals surface area contributed by atoms with Crippen molar-refractivity contribution in [1.82, 2.24) is 9.55 Å². The lowest BCUT2D eigenvalue weighted by molar-refractivity contribution is -0.171. The summed E-state index contributed by atoms with van der Waals surface area (Å²) < 4.78 is 19.0. The first-order chi connectivity index (χ1) is 10.3. The quantitative estimate of drug-likeness (QED) is 0.818. The molecule has 0 bridgehead atoms. The van der Waals surface area contributed by atoms with Gasteiger partial charge in [-0.25, -0.2) is 4.98 Å². The Balaban J connectivity index is 1.67. The van der Waals surface area contributed by atoms with Gasteiger partial charge in [0.05, 0.1) is 33.2 Å². The summed E-state index contributed by atoms with van der Waals surface area (Å²) in [6, 6.07) is 8.11. The number of hydrogen-bond donors (Lipinski definition) is 0. The standard InChI is InChI=1S/C16H20N2O3/c1-19-15-4-2-3-14(11-15)5-6-16(20-9-10-21-16)12-18-8-7-17-13-18/h2-4,7-8,11,13H,5-6,9-10,12H2,1H3. The number of aromatic nitrogens is 2. The molecule has 1 fully saturated rings. The molecule has 0 aliphatic carbocycles. The highest BCUT2D eigenvalue weighted by Crippen LogP contribution is 2.28. The third-order valence-electron chi connectivity index (χ3n) is 3.72. The summed E-state index contributed by atoms with van der Waals surface area (Å²) in [6.45, 7) is 1.95. The van der Waals surface area contributed by atoms with Crippen molar-refractivity contribution in [1.29, 1.82) is 0 Å². The van der Waals surface area contributed by atoms with E-state index in [1.54, 1.807) is 19.6 Å².